The van der Waals surface area contributed by atoms with E-state index in [0.29, 0.717) is 6.04 Å². The molecular formula is C10H20N2O2. The average Bonchev–Trinajstić information content (AvgIpc) is 2.77. The SMILES string of the molecule is COC1(CN2CCC(N)C2)CCOC1. The van der Waals surface area contributed by atoms with Crippen LogP contribution in [0, 0.1) is 0 Å². The van der Waals surface area contributed by atoms with Crippen LogP contribution in [0.5, 0.6) is 0 Å². The second kappa shape index (κ2) is 4.14. The van der Waals surface area contributed by atoms with Crippen LogP contribution in [0.3, 0.4) is 0 Å². The van der Waals surface area contributed by atoms with E-state index < -0.39 is 0 Å². The summed E-state index contributed by atoms with van der Waals surface area (Å²) < 4.78 is 11.0. The fourth-order valence-corrected chi connectivity index (χ4v) is 2.35. The van der Waals surface area contributed by atoms with E-state index in [0.717, 1.165) is 45.7 Å². The first-order valence-electron chi connectivity index (χ1n) is 5.35. The molecule has 14 heavy (non-hydrogen) atoms. The molecule has 0 amide bonds. The Morgan fingerprint density at radius 2 is 2.50 bits per heavy atom. The van der Waals surface area contributed by atoms with Crippen molar-refractivity contribution >= 4 is 0 Å². The highest BCUT2D eigenvalue weighted by Crippen LogP contribution is 2.25. The summed E-state index contributed by atoms with van der Waals surface area (Å²) in [4.78, 5) is 2.39. The second-order valence-corrected chi connectivity index (χ2v) is 4.47. The van der Waals surface area contributed by atoms with Crippen molar-refractivity contribution in [2.45, 2.75) is 24.5 Å². The van der Waals surface area contributed by atoms with E-state index in [1.165, 1.54) is 0 Å². The molecule has 2 aliphatic heterocycles. The molecular weight excluding hydrogens is 180 g/mol. The maximum atomic E-state index is 5.87. The number of nitrogens with zero attached hydrogens (tertiary/aromatic N) is 1. The fraction of sp³-hybridized carbons (Fsp3) is 1.00. The maximum absolute atomic E-state index is 5.87. The molecule has 0 aliphatic carbocycles. The molecule has 0 radical (unpaired) electrons. The molecule has 0 aromatic heterocycles. The number of hydrogen-bond donors (Lipinski definition) is 1. The van der Waals surface area contributed by atoms with Gasteiger partial charge in [0.05, 0.1) is 6.61 Å². The Hall–Kier alpha value is -0.160. The molecule has 2 saturated heterocycles. The zero-order chi connectivity index (χ0) is 10.0. The van der Waals surface area contributed by atoms with Crippen LogP contribution < -0.4 is 5.73 Å². The molecule has 2 heterocycles. The van der Waals surface area contributed by atoms with E-state index in [1.807, 2.05) is 0 Å². The van der Waals surface area contributed by atoms with Crippen molar-refractivity contribution in [3.8, 4) is 0 Å². The van der Waals surface area contributed by atoms with Crippen molar-refractivity contribution in [2.75, 3.05) is 40.0 Å². The minimum atomic E-state index is -0.0654. The lowest BCUT2D eigenvalue weighted by molar-refractivity contribution is -0.0371. The van der Waals surface area contributed by atoms with Crippen LogP contribution in [0.15, 0.2) is 0 Å². The first kappa shape index (κ1) is 10.4. The number of nitrogens with two attached hydrogens (primary N) is 1. The monoisotopic (exact) mass is 200 g/mol. The van der Waals surface area contributed by atoms with Gasteiger partial charge in [0.2, 0.25) is 0 Å². The van der Waals surface area contributed by atoms with Crippen molar-refractivity contribution in [1.29, 1.82) is 0 Å². The summed E-state index contributed by atoms with van der Waals surface area (Å²) in [5, 5.41) is 0. The Kier molecular flexibility index (Phi) is 3.07. The van der Waals surface area contributed by atoms with Crippen molar-refractivity contribution in [3.05, 3.63) is 0 Å². The van der Waals surface area contributed by atoms with Crippen molar-refractivity contribution < 1.29 is 9.47 Å². The topological polar surface area (TPSA) is 47.7 Å². The van der Waals surface area contributed by atoms with E-state index in [9.17, 15) is 0 Å². The smallest absolute Gasteiger partial charge is 0.106 e. The normalized spacial score (nSPS) is 39.4. The summed E-state index contributed by atoms with van der Waals surface area (Å²) in [7, 11) is 1.78. The van der Waals surface area contributed by atoms with Crippen LogP contribution in [0.25, 0.3) is 0 Å². The zero-order valence-electron chi connectivity index (χ0n) is 8.87. The fourth-order valence-electron chi connectivity index (χ4n) is 2.35. The van der Waals surface area contributed by atoms with Gasteiger partial charge < -0.3 is 15.2 Å². The van der Waals surface area contributed by atoms with Crippen molar-refractivity contribution in [2.24, 2.45) is 5.73 Å². The van der Waals surface area contributed by atoms with Gasteiger partial charge in [-0.2, -0.15) is 0 Å². The van der Waals surface area contributed by atoms with Gasteiger partial charge in [-0.1, -0.05) is 0 Å². The Morgan fingerprint density at radius 1 is 1.64 bits per heavy atom. The Bertz CT molecular complexity index is 193. The number of likely N-dealkylation sites (tertiary alicyclic amines) is 1. The molecule has 0 aromatic carbocycles. The molecule has 4 heteroatoms. The summed E-state index contributed by atoms with van der Waals surface area (Å²) in [6.07, 6.45) is 2.12. The number of ether oxygens (including phenoxy) is 2. The summed E-state index contributed by atoms with van der Waals surface area (Å²) in [6, 6.07) is 0.353. The van der Waals surface area contributed by atoms with Gasteiger partial charge in [-0.05, 0) is 13.0 Å². The lowest BCUT2D eigenvalue weighted by Crippen LogP contribution is -2.45. The molecule has 2 fully saturated rings. The molecule has 2 rings (SSSR count). The minimum Gasteiger partial charge on any atom is -0.378 e. The van der Waals surface area contributed by atoms with Crippen LogP contribution in [0.1, 0.15) is 12.8 Å². The third-order valence-corrected chi connectivity index (χ3v) is 3.32. The van der Waals surface area contributed by atoms with Crippen LogP contribution >= 0.6 is 0 Å². The predicted molar refractivity (Wildman–Crippen MR) is 54.2 cm³/mol. The van der Waals surface area contributed by atoms with Crippen molar-refractivity contribution in [1.82, 2.24) is 4.90 Å². The third-order valence-electron chi connectivity index (χ3n) is 3.32. The Balaban J connectivity index is 1.88. The molecule has 2 atom stereocenters. The average molecular weight is 200 g/mol. The second-order valence-electron chi connectivity index (χ2n) is 4.47. The van der Waals surface area contributed by atoms with Crippen LogP contribution in [-0.2, 0) is 9.47 Å². The van der Waals surface area contributed by atoms with Gasteiger partial charge in [0.1, 0.15) is 5.60 Å². The summed E-state index contributed by atoms with van der Waals surface area (Å²) in [5.41, 5.74) is 5.80. The molecule has 2 N–H and O–H groups in total. The first-order valence-corrected chi connectivity index (χ1v) is 5.35. The van der Waals surface area contributed by atoms with E-state index >= 15 is 0 Å². The van der Waals surface area contributed by atoms with Crippen LogP contribution in [0.4, 0.5) is 0 Å². The Labute approximate surface area is 85.3 Å². The standard InChI is InChI=1S/C10H20N2O2/c1-13-10(3-5-14-8-10)7-12-4-2-9(11)6-12/h9H,2-8,11H2,1H3. The van der Waals surface area contributed by atoms with Gasteiger partial charge in [-0.15, -0.1) is 0 Å². The lowest BCUT2D eigenvalue weighted by Gasteiger charge is -2.30. The zero-order valence-corrected chi connectivity index (χ0v) is 8.87. The quantitative estimate of drug-likeness (QED) is 0.687. The number of methoxy groups -OCH3 is 1. The molecule has 2 unspecified atom stereocenters. The van der Waals surface area contributed by atoms with Gasteiger partial charge in [0.25, 0.3) is 0 Å². The molecule has 0 saturated carbocycles. The van der Waals surface area contributed by atoms with Gasteiger partial charge >= 0.3 is 0 Å². The van der Waals surface area contributed by atoms with E-state index in [4.69, 9.17) is 15.2 Å². The molecule has 0 aromatic rings. The molecule has 4 nitrogen and oxygen atoms in total. The molecule has 2 aliphatic rings. The largest absolute Gasteiger partial charge is 0.378 e. The van der Waals surface area contributed by atoms with Gasteiger partial charge in [0, 0.05) is 39.3 Å². The van der Waals surface area contributed by atoms with Gasteiger partial charge in [0.15, 0.2) is 0 Å². The predicted octanol–water partition coefficient (Wildman–Crippen LogP) is -0.175. The van der Waals surface area contributed by atoms with Crippen molar-refractivity contribution in [3.63, 3.8) is 0 Å². The van der Waals surface area contributed by atoms with Gasteiger partial charge in [-0.3, -0.25) is 4.90 Å². The summed E-state index contributed by atoms with van der Waals surface area (Å²) in [6.45, 7) is 4.64. The highest BCUT2D eigenvalue weighted by Gasteiger charge is 2.37. The van der Waals surface area contributed by atoms with Crippen LogP contribution in [0.2, 0.25) is 0 Å². The lowest BCUT2D eigenvalue weighted by atomic mass is 10.0. The highest BCUT2D eigenvalue weighted by atomic mass is 16.5. The first-order chi connectivity index (χ1) is 6.74. The van der Waals surface area contributed by atoms with E-state index in [1.54, 1.807) is 7.11 Å². The highest BCUT2D eigenvalue weighted by molar-refractivity contribution is 4.91. The van der Waals surface area contributed by atoms with Crippen LogP contribution in [-0.4, -0.2) is 56.5 Å². The maximum Gasteiger partial charge on any atom is 0.106 e. The Morgan fingerprint density at radius 3 is 3.00 bits per heavy atom. The molecule has 0 spiro atoms. The van der Waals surface area contributed by atoms with Gasteiger partial charge in [-0.25, -0.2) is 0 Å². The number of hydrogen-bond acceptors (Lipinski definition) is 4. The minimum absolute atomic E-state index is 0.0654. The summed E-state index contributed by atoms with van der Waals surface area (Å²) in [5.74, 6) is 0. The summed E-state index contributed by atoms with van der Waals surface area (Å²) >= 11 is 0. The van der Waals surface area contributed by atoms with E-state index in [-0.39, 0.29) is 5.60 Å². The number of rotatable bonds is 3. The van der Waals surface area contributed by atoms with E-state index in [2.05, 4.69) is 4.90 Å². The third kappa shape index (κ3) is 2.08. The molecule has 82 valence electrons. The molecule has 0 bridgehead atoms.